The number of phosphoric acid groups is 2. The van der Waals surface area contributed by atoms with Crippen molar-refractivity contribution >= 4 is 27.5 Å². The van der Waals surface area contributed by atoms with Crippen LogP contribution in [-0.4, -0.2) is 224 Å². The molecular weight excluding hydrogens is 1820 g/mol. The minimum Gasteiger partial charge on any atom is -0.756 e. The number of hydrogen-bond donors (Lipinski definition) is 13. The molecule has 0 aliphatic carbocycles. The van der Waals surface area contributed by atoms with E-state index in [9.17, 15) is 84.7 Å². The Kier molecular flexibility index (Phi) is 61.7. The highest BCUT2D eigenvalue weighted by Crippen LogP contribution is 2.57. The predicted molar refractivity (Wildman–Crippen MR) is 543 cm³/mol. The smallest absolute Gasteiger partial charge is 0.276 e. The third-order valence-electron chi connectivity index (χ3n) is 25.9. The van der Waals surface area contributed by atoms with Crippen molar-refractivity contribution in [1.82, 2.24) is 10.6 Å². The van der Waals surface area contributed by atoms with Gasteiger partial charge in [-0.15, -0.1) is 0 Å². The number of ether oxygens (including phenoxy) is 7. The molecule has 4 fully saturated rings. The van der Waals surface area contributed by atoms with Gasteiger partial charge in [0.05, 0.1) is 33.0 Å². The number of amides is 2. The van der Waals surface area contributed by atoms with Crippen molar-refractivity contribution in [2.75, 3.05) is 33.0 Å². The van der Waals surface area contributed by atoms with Crippen LogP contribution in [0.2, 0.25) is 0 Å². The molecule has 31 heteroatoms. The van der Waals surface area contributed by atoms with Crippen LogP contribution in [-0.2, 0) is 65.2 Å². The zero-order valence-electron chi connectivity index (χ0n) is 87.1. The topological polar surface area (TPSA) is 453 Å². The number of aliphatic hydroxyl groups is 11. The molecule has 794 valence electrons. The van der Waals surface area contributed by atoms with Gasteiger partial charge in [0.15, 0.2) is 25.2 Å². The summed E-state index contributed by atoms with van der Waals surface area (Å²) >= 11 is 0. The molecule has 0 radical (unpaired) electrons. The summed E-state index contributed by atoms with van der Waals surface area (Å²) < 4.78 is 80.7. The molecule has 0 aromatic heterocycles. The fourth-order valence-corrected chi connectivity index (χ4v) is 19.0. The Balaban J connectivity index is 1.08. The van der Waals surface area contributed by atoms with E-state index in [-0.39, 0.29) is 12.3 Å². The van der Waals surface area contributed by atoms with E-state index in [1.165, 1.54) is 90.0 Å². The van der Waals surface area contributed by atoms with Crippen LogP contribution in [0.1, 0.15) is 331 Å². The van der Waals surface area contributed by atoms with Crippen molar-refractivity contribution in [3.05, 3.63) is 175 Å². The number of carbonyl (C=O) groups excluding carboxylic acids is 2. The highest BCUT2D eigenvalue weighted by molar-refractivity contribution is 7.59. The van der Waals surface area contributed by atoms with Gasteiger partial charge in [0.1, 0.15) is 97.5 Å². The number of aliphatic hydroxyl groups excluding tert-OH is 11. The van der Waals surface area contributed by atoms with Gasteiger partial charge in [-0.25, -0.2) is 4.31 Å². The van der Waals surface area contributed by atoms with Gasteiger partial charge < -0.3 is 114 Å². The highest BCUT2D eigenvalue weighted by atomic mass is 31.3. The lowest BCUT2D eigenvalue weighted by Gasteiger charge is -2.50. The average molecular weight is 2000 g/mol. The Hall–Kier alpha value is -5.42. The van der Waals surface area contributed by atoms with E-state index < -0.39 is 183 Å². The third-order valence-corrected chi connectivity index (χ3v) is 28.5. The van der Waals surface area contributed by atoms with Crippen LogP contribution in [0.3, 0.4) is 0 Å². The minimum absolute atomic E-state index is 0.0729. The van der Waals surface area contributed by atoms with Crippen LogP contribution in [0, 0.1) is 5.92 Å². The fourth-order valence-electron chi connectivity index (χ4n) is 17.0. The fraction of sp³-hybridized carbons (Fsp3) is 0.704. The monoisotopic (exact) mass is 2000 g/mol. The number of hydrogen-bond acceptors (Lipinski definition) is 27. The summed E-state index contributed by atoms with van der Waals surface area (Å²) in [5, 5.41) is 123. The normalized spacial score (nSPS) is 28.2. The molecule has 2 amide bonds. The van der Waals surface area contributed by atoms with Crippen LogP contribution in [0.4, 0.5) is 0 Å². The van der Waals surface area contributed by atoms with Crippen molar-refractivity contribution in [1.29, 1.82) is 0 Å². The molecule has 0 aromatic rings. The molecule has 139 heavy (non-hydrogen) atoms. The van der Waals surface area contributed by atoms with Gasteiger partial charge in [0.2, 0.25) is 11.8 Å². The summed E-state index contributed by atoms with van der Waals surface area (Å²) in [5.74, 6) is -1.86. The van der Waals surface area contributed by atoms with Crippen LogP contribution >= 0.6 is 15.6 Å². The first-order chi connectivity index (χ1) is 65.8. The number of rotatable bonds is 65. The van der Waals surface area contributed by atoms with E-state index in [0.29, 0.717) is 12.8 Å². The maximum atomic E-state index is 13.3. The van der Waals surface area contributed by atoms with E-state index in [1.54, 1.807) is 0 Å². The Morgan fingerprint density at radius 1 is 0.302 bits per heavy atom. The van der Waals surface area contributed by atoms with Crippen LogP contribution < -0.4 is 20.4 Å². The summed E-state index contributed by atoms with van der Waals surface area (Å²) in [6, 6.07) is -3.79. The average Bonchev–Trinajstić information content (AvgIpc) is 0.764. The largest absolute Gasteiger partial charge is 0.756 e. The van der Waals surface area contributed by atoms with Crippen molar-refractivity contribution < 1.29 is 131 Å². The van der Waals surface area contributed by atoms with Crippen LogP contribution in [0.15, 0.2) is 175 Å². The first-order valence-corrected chi connectivity index (χ1v) is 53.5. The molecule has 29 nitrogen and oxygen atoms in total. The van der Waals surface area contributed by atoms with Crippen molar-refractivity contribution in [3.63, 3.8) is 0 Å². The quantitative estimate of drug-likeness (QED) is 0.0199. The zero-order valence-corrected chi connectivity index (χ0v) is 88.9. The first-order valence-electron chi connectivity index (χ1n) is 50.6. The van der Waals surface area contributed by atoms with E-state index in [1.807, 2.05) is 6.92 Å². The molecule has 0 spiro atoms. The second-order valence-corrected chi connectivity index (χ2v) is 42.4. The molecule has 0 bridgehead atoms. The molecular formula is C108H178N2O27P2-2. The molecule has 4 aliphatic rings. The second-order valence-electron chi connectivity index (χ2n) is 39.5. The molecule has 0 saturated carbocycles. The minimum atomic E-state index is -6.08. The van der Waals surface area contributed by atoms with Crippen molar-refractivity contribution in [3.8, 4) is 0 Å². The van der Waals surface area contributed by atoms with Gasteiger partial charge in [-0.3, -0.25) is 23.2 Å². The maximum absolute atomic E-state index is 13.3. The van der Waals surface area contributed by atoms with Crippen LogP contribution in [0.25, 0.3) is 0 Å². The molecule has 4 saturated heterocycles. The Morgan fingerprint density at radius 2 is 0.554 bits per heavy atom. The number of nitrogens with one attached hydrogen (secondary N) is 2. The Labute approximate surface area is 831 Å². The predicted octanol–water partition coefficient (Wildman–Crippen LogP) is 17.5. The summed E-state index contributed by atoms with van der Waals surface area (Å²) in [5.41, 5.74) is 21.7. The van der Waals surface area contributed by atoms with Crippen molar-refractivity contribution in [2.24, 2.45) is 5.92 Å². The highest BCUT2D eigenvalue weighted by Gasteiger charge is 2.57. The summed E-state index contributed by atoms with van der Waals surface area (Å²) in [6.45, 7) is 35.2. The first kappa shape index (κ1) is 126. The van der Waals surface area contributed by atoms with Gasteiger partial charge in [0.25, 0.3) is 15.6 Å². The number of allylic oxidation sites excluding steroid dienone is 30. The standard InChI is InChI=1S/C108H180N2O27P2/c1-71(2)35-20-36-72(3)37-21-38-73(4)39-22-40-74(5)41-23-42-75(6)43-24-44-76(7)45-25-46-77(8)47-26-48-78(9)49-27-50-79(10)51-28-52-80(11)53-29-54-81(12)55-30-56-82(13)57-31-58-83(14)59-32-60-84(15)61-33-62-85(16)63-34-64-86(17)65-66-128-138(124,125)137-139(126,127)136-106-94(110-88(19)116)98(120)102(92(70-114)132-106)133-105-93(109-87(18)115)97(119)103(91(69-113)131-105)134-108-101(123)104(96(118)90(68-112)130-108)135-107-100(122)99(121)95(117)89(67-111)129-107/h35,37,39,41,43,45,47,49,51,53,55,57,59,61,63,86,89-108,111-114,117-123H,20-34,36,38,40,42,44,46,48,50,52,54,56,58,60,62,64-70H2,1-19H3,(H,109,115)(H,110,116)(H,124,125)(H,126,127)/p-2/b72-37+,73-39+,74-41-,75-43-,76-45-,77-47-,78-49-,79-51-,80-53-,81-55-,82-57-,83-59-,84-61-,85-63-/t86?,89-,90-,91-,92-,93-,94-,95-,96-,97-,98-,99+,100+,101+,102-,103-,104+,105+,106-,107-,108+/m1/s1. The lowest BCUT2D eigenvalue weighted by atomic mass is 9.94. The van der Waals surface area contributed by atoms with E-state index in [4.69, 9.17) is 42.2 Å². The summed E-state index contributed by atoms with van der Waals surface area (Å²) in [6.07, 6.45) is 33.1. The number of carbonyl (C=O) groups is 2. The SMILES string of the molecule is CC(=O)N[C@H]1[C@H](O[C@H]2[C@H](O)[C@@H](NC(C)=O)[C@@H](OP(=O)([O-])OP(=O)([O-])OCCC(C)CC/C=C(/C)CC/C=C(/C)CC/C=C(/C)CC/C=C(/C)CC/C=C(/C)CC/C=C(/C)CC/C=C(/C)CC/C=C(/C)CC/C=C(/C)CC/C=C(/C)CC/C=C(/C)CC/C=C(/C)CC/C=C(\C)CC/C=C(\C)CCC=C(C)C)O[C@@H]2CO)O[C@H](CO)[C@@H](O[C@@H]2O[C@H](CO)[C@@H](O)[C@H](O[C@H]3O[C@H](CO)[C@@H](O)[C@H](O)[C@@H]3O)[C@@H]2O)[C@@H]1O. The molecule has 4 heterocycles. The summed E-state index contributed by atoms with van der Waals surface area (Å²) in [7, 11) is -11.8. The van der Waals surface area contributed by atoms with Crippen molar-refractivity contribution in [2.45, 2.75) is 453 Å². The molecule has 3 unspecified atom stereocenters. The maximum Gasteiger partial charge on any atom is 0.276 e. The lowest BCUT2D eigenvalue weighted by Crippen LogP contribution is -2.70. The Morgan fingerprint density at radius 3 is 0.849 bits per heavy atom. The Bertz CT molecular complexity index is 4240. The zero-order chi connectivity index (χ0) is 103. The van der Waals surface area contributed by atoms with E-state index in [0.717, 1.165) is 187 Å². The second kappa shape index (κ2) is 68.1. The van der Waals surface area contributed by atoms with Gasteiger partial charge in [-0.05, 0) is 316 Å². The molecule has 23 atom stereocenters. The molecule has 4 aliphatic heterocycles. The lowest BCUT2D eigenvalue weighted by molar-refractivity contribution is -0.380. The van der Waals surface area contributed by atoms with Gasteiger partial charge in [-0.1, -0.05) is 182 Å². The van der Waals surface area contributed by atoms with E-state index in [2.05, 4.69) is 217 Å². The van der Waals surface area contributed by atoms with Gasteiger partial charge in [0, 0.05) is 13.8 Å². The van der Waals surface area contributed by atoms with Gasteiger partial charge >= 0.3 is 0 Å². The summed E-state index contributed by atoms with van der Waals surface area (Å²) in [4.78, 5) is 51.6. The van der Waals surface area contributed by atoms with E-state index >= 15 is 0 Å². The molecule has 13 N–H and O–H groups in total. The third kappa shape index (κ3) is 51.0. The van der Waals surface area contributed by atoms with Gasteiger partial charge in [-0.2, -0.15) is 0 Å². The molecule has 0 aromatic carbocycles. The molecule has 4 rings (SSSR count). The van der Waals surface area contributed by atoms with Crippen LogP contribution in [0.5, 0.6) is 0 Å². The number of phosphoric ester groups is 2.